The summed E-state index contributed by atoms with van der Waals surface area (Å²) in [4.78, 5) is 99.7. The SMILES string of the molecule is C[C@@H](O)[C@H](NC(=O)[C@H](CO)NC(=O)[C@@H](N)CC(N)=O)C(=O)N[C@@H](CC(N)=O)C(=O)N[C@@H](CCCCN)C(=O)N[C@@H](Cc1ccccc1)C(=O)O. The maximum absolute atomic E-state index is 13.4. The topological polar surface area (TPSA) is 361 Å². The smallest absolute Gasteiger partial charge is 0.326 e. The molecule has 0 fully saturated rings. The third-order valence-electron chi connectivity index (χ3n) is 7.15. The summed E-state index contributed by atoms with van der Waals surface area (Å²) in [5.74, 6) is -8.68. The van der Waals surface area contributed by atoms with Crippen molar-refractivity contribution in [3.8, 4) is 0 Å². The number of rotatable bonds is 23. The van der Waals surface area contributed by atoms with Gasteiger partial charge in [0.1, 0.15) is 30.2 Å². The Bertz CT molecular complexity index is 1350. The Morgan fingerprint density at radius 2 is 1.22 bits per heavy atom. The summed E-state index contributed by atoms with van der Waals surface area (Å²) in [5, 5.41) is 40.8. The molecule has 20 nitrogen and oxygen atoms in total. The standard InChI is InChI=1S/C30H47N9O11/c1-15(41)24(39-28(47)21(14-40)38-25(44)17(32)12-22(33)42)29(48)36-19(13-23(34)43)27(46)35-18(9-5-6-10-31)26(45)37-20(30(49)50)11-16-7-3-2-4-8-16/h2-4,7-8,15,17-21,24,40-41H,5-6,9-14,31-32H2,1H3,(H2,33,42)(H2,34,43)(H,35,46)(H,36,48)(H,37,45)(H,38,44)(H,39,47)(H,49,50)/t15-,17+,18+,19+,20+,21+,24+/m1/s1. The normalized spacial score (nSPS) is 15.1. The van der Waals surface area contributed by atoms with Crippen LogP contribution in [0.4, 0.5) is 0 Å². The van der Waals surface area contributed by atoms with E-state index < -0.39 is 109 Å². The van der Waals surface area contributed by atoms with Crippen molar-refractivity contribution in [2.75, 3.05) is 13.2 Å². The molecular weight excluding hydrogens is 662 g/mol. The number of aliphatic carboxylic acids is 1. The molecule has 0 heterocycles. The molecule has 0 bridgehead atoms. The summed E-state index contributed by atoms with van der Waals surface area (Å²) in [6, 6.07) is -0.990. The van der Waals surface area contributed by atoms with E-state index in [1.807, 2.05) is 0 Å². The van der Waals surface area contributed by atoms with Gasteiger partial charge in [-0.25, -0.2) is 4.79 Å². The first-order chi connectivity index (χ1) is 23.5. The summed E-state index contributed by atoms with van der Waals surface area (Å²) in [6.45, 7) is 0.348. The van der Waals surface area contributed by atoms with Gasteiger partial charge >= 0.3 is 5.97 Å². The number of benzene rings is 1. The lowest BCUT2D eigenvalue weighted by atomic mass is 10.0. The van der Waals surface area contributed by atoms with Gasteiger partial charge < -0.3 is 64.8 Å². The minimum absolute atomic E-state index is 0.00654. The predicted molar refractivity (Wildman–Crippen MR) is 175 cm³/mol. The van der Waals surface area contributed by atoms with Gasteiger partial charge in [-0.3, -0.25) is 33.6 Å². The number of hydrogen-bond donors (Lipinski definition) is 12. The van der Waals surface area contributed by atoms with Crippen LogP contribution in [0.15, 0.2) is 30.3 Å². The Kier molecular flexibility index (Phi) is 18.6. The van der Waals surface area contributed by atoms with Crippen LogP contribution in [0.25, 0.3) is 0 Å². The van der Waals surface area contributed by atoms with Gasteiger partial charge in [0.05, 0.1) is 31.6 Å². The van der Waals surface area contributed by atoms with Crippen molar-refractivity contribution >= 4 is 47.3 Å². The Hall–Kier alpha value is -5.18. The number of carbonyl (C=O) groups excluding carboxylic acids is 7. The van der Waals surface area contributed by atoms with E-state index in [4.69, 9.17) is 22.9 Å². The molecule has 0 aliphatic rings. The van der Waals surface area contributed by atoms with Crippen LogP contribution in [0.2, 0.25) is 0 Å². The summed E-state index contributed by atoms with van der Waals surface area (Å²) < 4.78 is 0. The number of nitrogens with two attached hydrogens (primary N) is 4. The molecule has 7 amide bonds. The molecule has 0 saturated heterocycles. The first kappa shape index (κ1) is 42.8. The first-order valence-corrected chi connectivity index (χ1v) is 15.6. The highest BCUT2D eigenvalue weighted by Gasteiger charge is 2.35. The molecule has 1 aromatic carbocycles. The fourth-order valence-electron chi connectivity index (χ4n) is 4.47. The van der Waals surface area contributed by atoms with Crippen LogP contribution in [0.5, 0.6) is 0 Å². The number of unbranched alkanes of at least 4 members (excludes halogenated alkanes) is 1. The number of aliphatic hydroxyl groups is 2. The van der Waals surface area contributed by atoms with E-state index >= 15 is 0 Å². The average Bonchev–Trinajstić information content (AvgIpc) is 3.04. The van der Waals surface area contributed by atoms with Crippen LogP contribution in [0, 0.1) is 0 Å². The van der Waals surface area contributed by atoms with E-state index in [1.54, 1.807) is 30.3 Å². The number of carboxylic acids is 1. The van der Waals surface area contributed by atoms with Crippen molar-refractivity contribution in [1.29, 1.82) is 0 Å². The molecule has 7 atom stereocenters. The van der Waals surface area contributed by atoms with Crippen molar-refractivity contribution in [1.82, 2.24) is 26.6 Å². The molecule has 1 rings (SSSR count). The highest BCUT2D eigenvalue weighted by Crippen LogP contribution is 2.08. The van der Waals surface area contributed by atoms with Crippen molar-refractivity contribution in [2.24, 2.45) is 22.9 Å². The molecule has 0 saturated carbocycles. The first-order valence-electron chi connectivity index (χ1n) is 15.6. The lowest BCUT2D eigenvalue weighted by Gasteiger charge is -2.27. The maximum Gasteiger partial charge on any atom is 0.326 e. The van der Waals surface area contributed by atoms with E-state index in [1.165, 1.54) is 0 Å². The van der Waals surface area contributed by atoms with Gasteiger partial charge in [-0.2, -0.15) is 0 Å². The lowest BCUT2D eigenvalue weighted by Crippen LogP contribution is -2.62. The van der Waals surface area contributed by atoms with Crippen molar-refractivity contribution in [3.63, 3.8) is 0 Å². The molecule has 0 aliphatic carbocycles. The zero-order chi connectivity index (χ0) is 38.0. The zero-order valence-electron chi connectivity index (χ0n) is 27.5. The van der Waals surface area contributed by atoms with Crippen LogP contribution < -0.4 is 49.5 Å². The number of carbonyl (C=O) groups is 8. The Morgan fingerprint density at radius 3 is 1.74 bits per heavy atom. The summed E-state index contributed by atoms with van der Waals surface area (Å²) in [6.07, 6.45) is -2.33. The van der Waals surface area contributed by atoms with E-state index in [-0.39, 0.29) is 19.4 Å². The van der Waals surface area contributed by atoms with Gasteiger partial charge in [0.15, 0.2) is 0 Å². The molecule has 0 spiro atoms. The number of hydrogen-bond acceptors (Lipinski definition) is 12. The van der Waals surface area contributed by atoms with Crippen LogP contribution >= 0.6 is 0 Å². The van der Waals surface area contributed by atoms with Crippen LogP contribution in [-0.4, -0.2) is 118 Å². The maximum atomic E-state index is 13.4. The minimum atomic E-state index is -1.83. The molecule has 0 aromatic heterocycles. The lowest BCUT2D eigenvalue weighted by molar-refractivity contribution is -0.142. The molecule has 0 radical (unpaired) electrons. The number of carboxylic acid groups (broad SMARTS) is 1. The second kappa shape index (κ2) is 21.7. The highest BCUT2D eigenvalue weighted by molar-refractivity contribution is 5.98. The monoisotopic (exact) mass is 709 g/mol. The van der Waals surface area contributed by atoms with Crippen LogP contribution in [-0.2, 0) is 44.8 Å². The summed E-state index contributed by atoms with van der Waals surface area (Å²) in [7, 11) is 0. The molecule has 1 aromatic rings. The highest BCUT2D eigenvalue weighted by atomic mass is 16.4. The largest absolute Gasteiger partial charge is 0.480 e. The van der Waals surface area contributed by atoms with Crippen LogP contribution in [0.1, 0.15) is 44.6 Å². The molecule has 0 unspecified atom stereocenters. The van der Waals surface area contributed by atoms with Crippen LogP contribution in [0.3, 0.4) is 0 Å². The Balaban J connectivity index is 3.15. The van der Waals surface area contributed by atoms with E-state index in [2.05, 4.69) is 26.6 Å². The fourth-order valence-corrected chi connectivity index (χ4v) is 4.47. The minimum Gasteiger partial charge on any atom is -0.480 e. The Morgan fingerprint density at radius 1 is 0.700 bits per heavy atom. The Labute approximate surface area is 287 Å². The third kappa shape index (κ3) is 15.4. The van der Waals surface area contributed by atoms with E-state index in [0.717, 1.165) is 6.92 Å². The van der Waals surface area contributed by atoms with Gasteiger partial charge in [0.25, 0.3) is 0 Å². The van der Waals surface area contributed by atoms with Crippen molar-refractivity contribution < 1.29 is 53.7 Å². The molecule has 16 N–H and O–H groups in total. The van der Waals surface area contributed by atoms with Crippen molar-refractivity contribution in [3.05, 3.63) is 35.9 Å². The summed E-state index contributed by atoms with van der Waals surface area (Å²) in [5.41, 5.74) is 22.0. The average molecular weight is 710 g/mol. The molecule has 0 aliphatic heterocycles. The number of amides is 7. The van der Waals surface area contributed by atoms with Gasteiger partial charge in [0.2, 0.25) is 41.4 Å². The molecule has 278 valence electrons. The molecule has 20 heteroatoms. The third-order valence-corrected chi connectivity index (χ3v) is 7.15. The molecule has 50 heavy (non-hydrogen) atoms. The number of nitrogens with one attached hydrogen (secondary N) is 5. The van der Waals surface area contributed by atoms with Gasteiger partial charge in [0, 0.05) is 6.42 Å². The summed E-state index contributed by atoms with van der Waals surface area (Å²) >= 11 is 0. The van der Waals surface area contributed by atoms with E-state index in [9.17, 15) is 53.7 Å². The van der Waals surface area contributed by atoms with Crippen molar-refractivity contribution in [2.45, 2.75) is 87.8 Å². The fraction of sp³-hybridized carbons (Fsp3) is 0.533. The quantitative estimate of drug-likeness (QED) is 0.0472. The van der Waals surface area contributed by atoms with Gasteiger partial charge in [-0.1, -0.05) is 30.3 Å². The molecular formula is C30H47N9O11. The zero-order valence-corrected chi connectivity index (χ0v) is 27.5. The van der Waals surface area contributed by atoms with E-state index in [0.29, 0.717) is 18.4 Å². The number of primary amides is 2. The number of aliphatic hydroxyl groups excluding tert-OH is 2. The van der Waals surface area contributed by atoms with Gasteiger partial charge in [-0.05, 0) is 38.3 Å². The second-order valence-electron chi connectivity index (χ2n) is 11.4. The second-order valence-corrected chi connectivity index (χ2v) is 11.4. The van der Waals surface area contributed by atoms with Gasteiger partial charge in [-0.15, -0.1) is 0 Å². The predicted octanol–water partition coefficient (Wildman–Crippen LogP) is -5.68.